The summed E-state index contributed by atoms with van der Waals surface area (Å²) in [6.45, 7) is 4.00. The van der Waals surface area contributed by atoms with E-state index in [1.165, 1.54) is 12.8 Å². The first-order valence-corrected chi connectivity index (χ1v) is 5.81. The van der Waals surface area contributed by atoms with Gasteiger partial charge in [-0.1, -0.05) is 6.92 Å². The van der Waals surface area contributed by atoms with Crippen LogP contribution in [0.2, 0.25) is 0 Å². The average molecular weight is 189 g/mol. The number of hydrogen-bond acceptors (Lipinski definition) is 3. The van der Waals surface area contributed by atoms with Crippen LogP contribution in [-0.4, -0.2) is 24.3 Å². The maximum Gasteiger partial charge on any atom is 0.103 e. The van der Waals surface area contributed by atoms with Crippen molar-refractivity contribution in [2.45, 2.75) is 31.6 Å². The standard InChI is InChI=1S/C9H19NOS/c1-8-3-4-9(11-7-8)12-6-2-5-10/h8-9H,2-7,10H2,1H3. The van der Waals surface area contributed by atoms with Crippen LogP contribution in [0.1, 0.15) is 26.2 Å². The van der Waals surface area contributed by atoms with Gasteiger partial charge in [-0.25, -0.2) is 0 Å². The second kappa shape index (κ2) is 5.84. The van der Waals surface area contributed by atoms with Crippen molar-refractivity contribution in [1.82, 2.24) is 0 Å². The van der Waals surface area contributed by atoms with Crippen LogP contribution in [0.3, 0.4) is 0 Å². The summed E-state index contributed by atoms with van der Waals surface area (Å²) in [6, 6.07) is 0. The molecule has 0 aromatic heterocycles. The zero-order chi connectivity index (χ0) is 8.81. The quantitative estimate of drug-likeness (QED) is 0.685. The highest BCUT2D eigenvalue weighted by Crippen LogP contribution is 2.26. The Labute approximate surface area is 79.2 Å². The number of rotatable bonds is 4. The van der Waals surface area contributed by atoms with Gasteiger partial charge >= 0.3 is 0 Å². The Morgan fingerprint density at radius 3 is 2.92 bits per heavy atom. The minimum Gasteiger partial charge on any atom is -0.367 e. The number of nitrogens with two attached hydrogens (primary N) is 1. The van der Waals surface area contributed by atoms with Crippen LogP contribution in [0.25, 0.3) is 0 Å². The molecule has 0 saturated carbocycles. The molecule has 2 N–H and O–H groups in total. The minimum atomic E-state index is 0.452. The van der Waals surface area contributed by atoms with Gasteiger partial charge < -0.3 is 10.5 Å². The van der Waals surface area contributed by atoms with E-state index in [0.29, 0.717) is 5.44 Å². The second-order valence-electron chi connectivity index (χ2n) is 3.46. The molecule has 0 radical (unpaired) electrons. The maximum absolute atomic E-state index is 5.66. The van der Waals surface area contributed by atoms with Crippen LogP contribution in [0, 0.1) is 5.92 Å². The van der Waals surface area contributed by atoms with Gasteiger partial charge in [0.1, 0.15) is 5.44 Å². The molecule has 72 valence electrons. The lowest BCUT2D eigenvalue weighted by Crippen LogP contribution is -2.22. The van der Waals surface area contributed by atoms with E-state index in [0.717, 1.165) is 31.2 Å². The van der Waals surface area contributed by atoms with E-state index in [-0.39, 0.29) is 0 Å². The zero-order valence-corrected chi connectivity index (χ0v) is 8.61. The van der Waals surface area contributed by atoms with Crippen molar-refractivity contribution in [2.24, 2.45) is 11.7 Å². The fourth-order valence-electron chi connectivity index (χ4n) is 1.29. The van der Waals surface area contributed by atoms with Crippen molar-refractivity contribution in [1.29, 1.82) is 0 Å². The highest BCUT2D eigenvalue weighted by Gasteiger charge is 2.18. The summed E-state index contributed by atoms with van der Waals surface area (Å²) in [4.78, 5) is 0. The summed E-state index contributed by atoms with van der Waals surface area (Å²) in [7, 11) is 0. The lowest BCUT2D eigenvalue weighted by Gasteiger charge is -2.26. The molecule has 0 bridgehead atoms. The van der Waals surface area contributed by atoms with Crippen LogP contribution in [0.4, 0.5) is 0 Å². The fourth-order valence-corrected chi connectivity index (χ4v) is 2.36. The predicted molar refractivity (Wildman–Crippen MR) is 54.3 cm³/mol. The molecule has 1 heterocycles. The summed E-state index contributed by atoms with van der Waals surface area (Å²) in [6.07, 6.45) is 3.65. The van der Waals surface area contributed by atoms with E-state index in [9.17, 15) is 0 Å². The number of ether oxygens (including phenoxy) is 1. The van der Waals surface area contributed by atoms with Crippen molar-refractivity contribution in [3.8, 4) is 0 Å². The Hall–Kier alpha value is 0.270. The third-order valence-corrected chi connectivity index (χ3v) is 3.38. The van der Waals surface area contributed by atoms with Crippen LogP contribution >= 0.6 is 11.8 Å². The second-order valence-corrected chi connectivity index (χ2v) is 4.73. The van der Waals surface area contributed by atoms with Gasteiger partial charge in [-0.15, -0.1) is 11.8 Å². The number of thioether (sulfide) groups is 1. The smallest absolute Gasteiger partial charge is 0.103 e. The highest BCUT2D eigenvalue weighted by molar-refractivity contribution is 7.99. The summed E-state index contributed by atoms with van der Waals surface area (Å²) in [5.74, 6) is 1.91. The normalized spacial score (nSPS) is 30.5. The van der Waals surface area contributed by atoms with E-state index in [1.807, 2.05) is 11.8 Å². The van der Waals surface area contributed by atoms with E-state index in [1.54, 1.807) is 0 Å². The van der Waals surface area contributed by atoms with Crippen molar-refractivity contribution in [2.75, 3.05) is 18.9 Å². The summed E-state index contributed by atoms with van der Waals surface area (Å²) in [5.41, 5.74) is 5.86. The third kappa shape index (κ3) is 3.78. The molecule has 12 heavy (non-hydrogen) atoms. The molecule has 1 aliphatic rings. The lowest BCUT2D eigenvalue weighted by molar-refractivity contribution is 0.0400. The molecule has 1 rings (SSSR count). The molecule has 3 heteroatoms. The molecule has 0 aliphatic carbocycles. The van der Waals surface area contributed by atoms with Crippen molar-refractivity contribution in [3.63, 3.8) is 0 Å². The van der Waals surface area contributed by atoms with Crippen molar-refractivity contribution < 1.29 is 4.74 Å². The van der Waals surface area contributed by atoms with E-state index < -0.39 is 0 Å². The summed E-state index contributed by atoms with van der Waals surface area (Å²) in [5, 5.41) is 0. The molecular weight excluding hydrogens is 170 g/mol. The fraction of sp³-hybridized carbons (Fsp3) is 1.00. The molecular formula is C9H19NOS. The molecule has 2 unspecified atom stereocenters. The molecule has 0 aromatic rings. The molecule has 1 saturated heterocycles. The van der Waals surface area contributed by atoms with Gasteiger partial charge in [-0.3, -0.25) is 0 Å². The molecule has 2 atom stereocenters. The molecule has 1 aliphatic heterocycles. The Bertz CT molecular complexity index is 113. The average Bonchev–Trinajstić information content (AvgIpc) is 2.09. The largest absolute Gasteiger partial charge is 0.367 e. The van der Waals surface area contributed by atoms with Gasteiger partial charge in [0.2, 0.25) is 0 Å². The van der Waals surface area contributed by atoms with E-state index >= 15 is 0 Å². The molecule has 2 nitrogen and oxygen atoms in total. The Kier molecular flexibility index (Phi) is 5.04. The van der Waals surface area contributed by atoms with Crippen LogP contribution in [0.15, 0.2) is 0 Å². The Morgan fingerprint density at radius 2 is 2.33 bits per heavy atom. The molecule has 0 spiro atoms. The first-order valence-electron chi connectivity index (χ1n) is 4.76. The van der Waals surface area contributed by atoms with Gasteiger partial charge in [0.25, 0.3) is 0 Å². The highest BCUT2D eigenvalue weighted by atomic mass is 32.2. The Balaban J connectivity index is 2.01. The van der Waals surface area contributed by atoms with Gasteiger partial charge in [0.05, 0.1) is 6.61 Å². The first-order chi connectivity index (χ1) is 5.83. The van der Waals surface area contributed by atoms with Gasteiger partial charge in [-0.05, 0) is 37.5 Å². The van der Waals surface area contributed by atoms with Crippen molar-refractivity contribution in [3.05, 3.63) is 0 Å². The molecule has 1 fully saturated rings. The van der Waals surface area contributed by atoms with Gasteiger partial charge in [-0.2, -0.15) is 0 Å². The lowest BCUT2D eigenvalue weighted by atomic mass is 10.1. The van der Waals surface area contributed by atoms with Crippen LogP contribution in [-0.2, 0) is 4.74 Å². The third-order valence-electron chi connectivity index (χ3n) is 2.11. The maximum atomic E-state index is 5.66. The van der Waals surface area contributed by atoms with Crippen molar-refractivity contribution >= 4 is 11.8 Å². The summed E-state index contributed by atoms with van der Waals surface area (Å²) >= 11 is 1.92. The van der Waals surface area contributed by atoms with E-state index in [4.69, 9.17) is 10.5 Å². The first kappa shape index (κ1) is 10.4. The molecule has 0 amide bonds. The van der Waals surface area contributed by atoms with Gasteiger partial charge in [0.15, 0.2) is 0 Å². The molecule has 0 aromatic carbocycles. The topological polar surface area (TPSA) is 35.2 Å². The predicted octanol–water partition coefficient (Wildman–Crippen LogP) is 1.84. The minimum absolute atomic E-state index is 0.452. The summed E-state index contributed by atoms with van der Waals surface area (Å²) < 4.78 is 5.66. The monoisotopic (exact) mass is 189 g/mol. The Morgan fingerprint density at radius 1 is 1.50 bits per heavy atom. The SMILES string of the molecule is CC1CCC(SCCCN)OC1. The number of hydrogen-bond donors (Lipinski definition) is 1. The zero-order valence-electron chi connectivity index (χ0n) is 7.79. The van der Waals surface area contributed by atoms with Crippen LogP contribution < -0.4 is 5.73 Å². The van der Waals surface area contributed by atoms with E-state index in [2.05, 4.69) is 6.92 Å². The van der Waals surface area contributed by atoms with Gasteiger partial charge in [0, 0.05) is 0 Å². The van der Waals surface area contributed by atoms with Crippen LogP contribution in [0.5, 0.6) is 0 Å².